The maximum absolute atomic E-state index is 12.2. The highest BCUT2D eigenvalue weighted by molar-refractivity contribution is 7.99. The quantitative estimate of drug-likeness (QED) is 0.556. The second-order valence-electron chi connectivity index (χ2n) is 5.79. The van der Waals surface area contributed by atoms with Gasteiger partial charge in [0.1, 0.15) is 5.76 Å². The van der Waals surface area contributed by atoms with E-state index in [4.69, 9.17) is 8.83 Å². The van der Waals surface area contributed by atoms with Crippen LogP contribution in [-0.2, 0) is 14.8 Å². The lowest BCUT2D eigenvalue weighted by molar-refractivity contribution is -0.113. The molecule has 0 bridgehead atoms. The van der Waals surface area contributed by atoms with E-state index in [1.807, 2.05) is 0 Å². The van der Waals surface area contributed by atoms with E-state index in [0.717, 1.165) is 11.8 Å². The van der Waals surface area contributed by atoms with Crippen LogP contribution in [0.3, 0.4) is 0 Å². The van der Waals surface area contributed by atoms with Crippen LogP contribution in [0.2, 0.25) is 0 Å². The first-order chi connectivity index (χ1) is 13.3. The van der Waals surface area contributed by atoms with Gasteiger partial charge in [-0.3, -0.25) is 4.79 Å². The van der Waals surface area contributed by atoms with Crippen LogP contribution in [0.5, 0.6) is 0 Å². The van der Waals surface area contributed by atoms with Crippen molar-refractivity contribution in [2.45, 2.75) is 24.0 Å². The highest BCUT2D eigenvalue weighted by Gasteiger charge is 2.17. The predicted molar refractivity (Wildman–Crippen MR) is 104 cm³/mol. The molecular weight excluding hydrogens is 404 g/mol. The van der Waals surface area contributed by atoms with E-state index < -0.39 is 10.0 Å². The SMILES string of the molecule is CNS(=O)(=O)c1cc(NC(=O)CSc2nnc(-c3ccoc3C)o2)ccc1C. The zero-order valence-corrected chi connectivity index (χ0v) is 17.0. The molecule has 0 fully saturated rings. The van der Waals surface area contributed by atoms with Crippen molar-refractivity contribution < 1.29 is 22.0 Å². The lowest BCUT2D eigenvalue weighted by atomic mass is 10.2. The smallest absolute Gasteiger partial charge is 0.277 e. The maximum atomic E-state index is 12.2. The number of carbonyl (C=O) groups is 1. The molecule has 0 aliphatic rings. The monoisotopic (exact) mass is 422 g/mol. The second-order valence-corrected chi connectivity index (χ2v) is 8.57. The number of thioether (sulfide) groups is 1. The highest BCUT2D eigenvalue weighted by atomic mass is 32.2. The topological polar surface area (TPSA) is 127 Å². The number of aromatic nitrogens is 2. The molecule has 1 aromatic carbocycles. The maximum Gasteiger partial charge on any atom is 0.277 e. The van der Waals surface area contributed by atoms with Crippen molar-refractivity contribution in [2.75, 3.05) is 18.1 Å². The summed E-state index contributed by atoms with van der Waals surface area (Å²) in [5.74, 6) is 0.661. The molecule has 2 aromatic heterocycles. The fourth-order valence-corrected chi connectivity index (χ4v) is 3.94. The predicted octanol–water partition coefficient (Wildman–Crippen LogP) is 2.59. The number of hydrogen-bond donors (Lipinski definition) is 2. The average Bonchev–Trinajstić information content (AvgIpc) is 3.30. The van der Waals surface area contributed by atoms with Crippen LogP contribution in [-0.4, -0.2) is 37.3 Å². The third-order valence-electron chi connectivity index (χ3n) is 3.85. The summed E-state index contributed by atoms with van der Waals surface area (Å²) in [5, 5.41) is 10.7. The van der Waals surface area contributed by atoms with Crippen LogP contribution in [0.25, 0.3) is 11.5 Å². The van der Waals surface area contributed by atoms with Gasteiger partial charge in [-0.2, -0.15) is 0 Å². The van der Waals surface area contributed by atoms with Crippen LogP contribution in [0.15, 0.2) is 49.5 Å². The molecule has 148 valence electrons. The van der Waals surface area contributed by atoms with E-state index >= 15 is 0 Å². The van der Waals surface area contributed by atoms with Crippen LogP contribution in [0.4, 0.5) is 5.69 Å². The molecule has 0 saturated heterocycles. The van der Waals surface area contributed by atoms with E-state index in [1.165, 1.54) is 19.4 Å². The Balaban J connectivity index is 1.63. The minimum Gasteiger partial charge on any atom is -0.469 e. The molecule has 0 unspecified atom stereocenters. The van der Waals surface area contributed by atoms with Gasteiger partial charge in [-0.05, 0) is 44.7 Å². The lowest BCUT2D eigenvalue weighted by Gasteiger charge is -2.10. The van der Waals surface area contributed by atoms with E-state index in [-0.39, 0.29) is 21.8 Å². The van der Waals surface area contributed by atoms with Crippen LogP contribution < -0.4 is 10.0 Å². The number of sulfonamides is 1. The summed E-state index contributed by atoms with van der Waals surface area (Å²) >= 11 is 1.08. The van der Waals surface area contributed by atoms with Gasteiger partial charge in [0.25, 0.3) is 11.1 Å². The molecule has 0 atom stereocenters. The molecule has 0 saturated carbocycles. The Kier molecular flexibility index (Phi) is 5.87. The molecule has 0 aliphatic carbocycles. The molecule has 0 aliphatic heterocycles. The first-order valence-corrected chi connectivity index (χ1v) is 10.6. The standard InChI is InChI=1S/C17H18N4O5S2/c1-10-4-5-12(8-14(10)28(23,24)18-3)19-15(22)9-27-17-21-20-16(26-17)13-6-7-25-11(13)2/h4-8,18H,9H2,1-3H3,(H,19,22). The number of nitrogens with one attached hydrogen (secondary N) is 2. The third kappa shape index (κ3) is 4.43. The summed E-state index contributed by atoms with van der Waals surface area (Å²) in [6.45, 7) is 3.46. The minimum absolute atomic E-state index is 0.0218. The van der Waals surface area contributed by atoms with E-state index in [2.05, 4.69) is 20.2 Å². The normalized spacial score (nSPS) is 11.5. The number of nitrogens with zero attached hydrogens (tertiary/aromatic N) is 2. The molecule has 3 rings (SSSR count). The molecule has 0 radical (unpaired) electrons. The summed E-state index contributed by atoms with van der Waals surface area (Å²) in [5.41, 5.74) is 1.65. The van der Waals surface area contributed by atoms with Gasteiger partial charge in [-0.25, -0.2) is 13.1 Å². The Morgan fingerprint density at radius 3 is 2.68 bits per heavy atom. The van der Waals surface area contributed by atoms with Gasteiger partial charge in [0.15, 0.2) is 0 Å². The van der Waals surface area contributed by atoms with Crippen LogP contribution in [0.1, 0.15) is 11.3 Å². The van der Waals surface area contributed by atoms with Gasteiger partial charge in [0.2, 0.25) is 15.9 Å². The Labute approximate surface area is 166 Å². The number of hydrogen-bond acceptors (Lipinski definition) is 8. The van der Waals surface area contributed by atoms with E-state index in [0.29, 0.717) is 28.5 Å². The average molecular weight is 422 g/mol. The lowest BCUT2D eigenvalue weighted by Crippen LogP contribution is -2.20. The zero-order valence-electron chi connectivity index (χ0n) is 15.3. The Morgan fingerprint density at radius 1 is 1.21 bits per heavy atom. The first-order valence-electron chi connectivity index (χ1n) is 8.15. The van der Waals surface area contributed by atoms with Crippen molar-refractivity contribution >= 4 is 33.4 Å². The number of amides is 1. The molecule has 1 amide bonds. The van der Waals surface area contributed by atoms with Crippen molar-refractivity contribution in [3.05, 3.63) is 41.9 Å². The number of benzene rings is 1. The highest BCUT2D eigenvalue weighted by Crippen LogP contribution is 2.26. The Hall–Kier alpha value is -2.63. The summed E-state index contributed by atoms with van der Waals surface area (Å²) in [6.07, 6.45) is 1.53. The van der Waals surface area contributed by atoms with Crippen molar-refractivity contribution in [2.24, 2.45) is 0 Å². The molecule has 2 heterocycles. The molecular formula is C17H18N4O5S2. The zero-order chi connectivity index (χ0) is 20.3. The van der Waals surface area contributed by atoms with Gasteiger partial charge in [-0.15, -0.1) is 10.2 Å². The number of furan rings is 1. The minimum atomic E-state index is -3.61. The van der Waals surface area contributed by atoms with Gasteiger partial charge >= 0.3 is 0 Å². The number of carbonyl (C=O) groups excluding carboxylic acids is 1. The van der Waals surface area contributed by atoms with Crippen molar-refractivity contribution in [1.29, 1.82) is 0 Å². The van der Waals surface area contributed by atoms with Crippen molar-refractivity contribution in [3.63, 3.8) is 0 Å². The fraction of sp³-hybridized carbons (Fsp3) is 0.235. The van der Waals surface area contributed by atoms with Crippen LogP contribution >= 0.6 is 11.8 Å². The van der Waals surface area contributed by atoms with Crippen LogP contribution in [0, 0.1) is 13.8 Å². The Bertz CT molecular complexity index is 1100. The molecule has 2 N–H and O–H groups in total. The molecule has 11 heteroatoms. The molecule has 3 aromatic rings. The van der Waals surface area contributed by atoms with Crippen molar-refractivity contribution in [1.82, 2.24) is 14.9 Å². The molecule has 0 spiro atoms. The largest absolute Gasteiger partial charge is 0.469 e. The van der Waals surface area contributed by atoms with Gasteiger partial charge < -0.3 is 14.2 Å². The third-order valence-corrected chi connectivity index (χ3v) is 6.23. The number of anilines is 1. The molecule has 28 heavy (non-hydrogen) atoms. The summed E-state index contributed by atoms with van der Waals surface area (Å²) in [4.78, 5) is 12.3. The first kappa shape index (κ1) is 20.1. The van der Waals surface area contributed by atoms with Gasteiger partial charge in [0.05, 0.1) is 22.5 Å². The van der Waals surface area contributed by atoms with Crippen molar-refractivity contribution in [3.8, 4) is 11.5 Å². The number of aryl methyl sites for hydroxylation is 2. The van der Waals surface area contributed by atoms with Gasteiger partial charge in [-0.1, -0.05) is 17.8 Å². The van der Waals surface area contributed by atoms with E-state index in [9.17, 15) is 13.2 Å². The summed E-state index contributed by atoms with van der Waals surface area (Å²) in [7, 11) is -2.28. The summed E-state index contributed by atoms with van der Waals surface area (Å²) in [6, 6.07) is 6.40. The van der Waals surface area contributed by atoms with E-state index in [1.54, 1.807) is 32.0 Å². The molecule has 9 nitrogen and oxygen atoms in total. The fourth-order valence-electron chi connectivity index (χ4n) is 2.39. The number of rotatable bonds is 7. The summed E-state index contributed by atoms with van der Waals surface area (Å²) < 4.78 is 37.0. The second kappa shape index (κ2) is 8.17. The Morgan fingerprint density at radius 2 is 2.00 bits per heavy atom. The van der Waals surface area contributed by atoms with Gasteiger partial charge in [0, 0.05) is 5.69 Å².